The number of nitrogens with one attached hydrogen (secondary N) is 2. The first-order valence-corrected chi connectivity index (χ1v) is 9.10. The van der Waals surface area contributed by atoms with E-state index in [0.29, 0.717) is 29.4 Å². The SMILES string of the molecule is COCc1nnc(C(=O)Nc2ccc(C(=O)NC[C@@H]3CCCO3)cc2)s1. The predicted octanol–water partition coefficient (Wildman–Crippen LogP) is 1.85. The number of carbonyl (C=O) groups is 2. The third-order valence-corrected chi connectivity index (χ3v) is 4.74. The van der Waals surface area contributed by atoms with Crippen LogP contribution in [0, 0.1) is 0 Å². The van der Waals surface area contributed by atoms with Crippen molar-refractivity contribution >= 4 is 28.8 Å². The van der Waals surface area contributed by atoms with Crippen LogP contribution in [0.25, 0.3) is 0 Å². The van der Waals surface area contributed by atoms with Gasteiger partial charge in [-0.3, -0.25) is 9.59 Å². The maximum Gasteiger partial charge on any atom is 0.286 e. The molecular formula is C17H20N4O4S. The van der Waals surface area contributed by atoms with Crippen molar-refractivity contribution in [1.29, 1.82) is 0 Å². The normalized spacial score (nSPS) is 16.4. The average molecular weight is 376 g/mol. The lowest BCUT2D eigenvalue weighted by Crippen LogP contribution is -2.31. The van der Waals surface area contributed by atoms with E-state index in [1.165, 1.54) is 11.3 Å². The Morgan fingerprint density at radius 3 is 2.77 bits per heavy atom. The number of hydrogen-bond donors (Lipinski definition) is 2. The first-order chi connectivity index (χ1) is 12.7. The zero-order valence-corrected chi connectivity index (χ0v) is 15.2. The molecule has 1 aromatic heterocycles. The molecule has 8 nitrogen and oxygen atoms in total. The highest BCUT2D eigenvalue weighted by atomic mass is 32.1. The topological polar surface area (TPSA) is 102 Å². The molecule has 0 bridgehead atoms. The molecule has 2 N–H and O–H groups in total. The second-order valence-electron chi connectivity index (χ2n) is 5.81. The van der Waals surface area contributed by atoms with Gasteiger partial charge < -0.3 is 20.1 Å². The van der Waals surface area contributed by atoms with Gasteiger partial charge in [0, 0.05) is 31.5 Å². The van der Waals surface area contributed by atoms with Gasteiger partial charge >= 0.3 is 0 Å². The van der Waals surface area contributed by atoms with Crippen molar-refractivity contribution in [3.63, 3.8) is 0 Å². The number of anilines is 1. The van der Waals surface area contributed by atoms with Crippen LogP contribution < -0.4 is 10.6 Å². The van der Waals surface area contributed by atoms with E-state index in [-0.39, 0.29) is 22.9 Å². The van der Waals surface area contributed by atoms with Crippen LogP contribution in [0.15, 0.2) is 24.3 Å². The number of methoxy groups -OCH3 is 1. The van der Waals surface area contributed by atoms with Crippen LogP contribution in [-0.4, -0.2) is 48.4 Å². The van der Waals surface area contributed by atoms with Crippen molar-refractivity contribution in [3.8, 4) is 0 Å². The molecule has 1 saturated heterocycles. The Morgan fingerprint density at radius 1 is 1.27 bits per heavy atom. The summed E-state index contributed by atoms with van der Waals surface area (Å²) in [5.41, 5.74) is 1.11. The molecule has 2 aromatic rings. The summed E-state index contributed by atoms with van der Waals surface area (Å²) in [6.07, 6.45) is 2.12. The predicted molar refractivity (Wildman–Crippen MR) is 96.3 cm³/mol. The number of ether oxygens (including phenoxy) is 2. The largest absolute Gasteiger partial charge is 0.377 e. The van der Waals surface area contributed by atoms with Gasteiger partial charge in [-0.15, -0.1) is 10.2 Å². The lowest BCUT2D eigenvalue weighted by atomic mass is 10.2. The van der Waals surface area contributed by atoms with Gasteiger partial charge in [-0.25, -0.2) is 0 Å². The molecule has 1 atom stereocenters. The molecule has 0 radical (unpaired) electrons. The zero-order valence-electron chi connectivity index (χ0n) is 14.4. The minimum absolute atomic E-state index is 0.104. The smallest absolute Gasteiger partial charge is 0.286 e. The van der Waals surface area contributed by atoms with Crippen molar-refractivity contribution in [2.45, 2.75) is 25.6 Å². The number of nitrogens with zero attached hydrogens (tertiary/aromatic N) is 2. The van der Waals surface area contributed by atoms with Gasteiger partial charge in [0.15, 0.2) is 0 Å². The van der Waals surface area contributed by atoms with E-state index in [9.17, 15) is 9.59 Å². The van der Waals surface area contributed by atoms with Crippen LogP contribution in [0.3, 0.4) is 0 Å². The monoisotopic (exact) mass is 376 g/mol. The highest BCUT2D eigenvalue weighted by Gasteiger charge is 2.17. The van der Waals surface area contributed by atoms with E-state index < -0.39 is 0 Å². The fourth-order valence-corrected chi connectivity index (χ4v) is 3.24. The second-order valence-corrected chi connectivity index (χ2v) is 6.87. The molecule has 2 amide bonds. The lowest BCUT2D eigenvalue weighted by molar-refractivity contribution is 0.0857. The Morgan fingerprint density at radius 2 is 2.08 bits per heavy atom. The summed E-state index contributed by atoms with van der Waals surface area (Å²) < 4.78 is 10.4. The third kappa shape index (κ3) is 4.84. The van der Waals surface area contributed by atoms with Crippen LogP contribution in [0.4, 0.5) is 5.69 Å². The summed E-state index contributed by atoms with van der Waals surface area (Å²) in [7, 11) is 1.56. The summed E-state index contributed by atoms with van der Waals surface area (Å²) in [5, 5.41) is 14.2. The second kappa shape index (κ2) is 8.84. The van der Waals surface area contributed by atoms with Gasteiger partial charge in [0.1, 0.15) is 5.01 Å². The number of rotatable bonds is 7. The standard InChI is InChI=1S/C17H20N4O4S/c1-24-10-14-20-21-17(26-14)16(23)19-12-6-4-11(5-7-12)15(22)18-9-13-3-2-8-25-13/h4-7,13H,2-3,8-10H2,1H3,(H,18,22)(H,19,23)/t13-/m0/s1. The quantitative estimate of drug-likeness (QED) is 0.764. The molecule has 2 heterocycles. The molecule has 26 heavy (non-hydrogen) atoms. The summed E-state index contributed by atoms with van der Waals surface area (Å²) in [5.74, 6) is -0.507. The van der Waals surface area contributed by atoms with Crippen molar-refractivity contribution in [1.82, 2.24) is 15.5 Å². The number of carbonyl (C=O) groups excluding carboxylic acids is 2. The molecule has 138 valence electrons. The van der Waals surface area contributed by atoms with E-state index in [2.05, 4.69) is 20.8 Å². The fraction of sp³-hybridized carbons (Fsp3) is 0.412. The number of aromatic nitrogens is 2. The molecule has 1 aliphatic heterocycles. The molecule has 9 heteroatoms. The van der Waals surface area contributed by atoms with Gasteiger partial charge in [0.25, 0.3) is 11.8 Å². The Balaban J connectivity index is 1.52. The molecule has 1 aromatic carbocycles. The maximum atomic E-state index is 12.2. The van der Waals surface area contributed by atoms with Crippen LogP contribution >= 0.6 is 11.3 Å². The number of hydrogen-bond acceptors (Lipinski definition) is 7. The van der Waals surface area contributed by atoms with Crippen LogP contribution in [0.1, 0.15) is 38.0 Å². The molecule has 0 spiro atoms. The van der Waals surface area contributed by atoms with E-state index >= 15 is 0 Å². The molecule has 1 aliphatic rings. The summed E-state index contributed by atoms with van der Waals surface area (Å²) >= 11 is 1.18. The highest BCUT2D eigenvalue weighted by molar-refractivity contribution is 7.13. The first-order valence-electron chi connectivity index (χ1n) is 8.28. The number of amides is 2. The zero-order chi connectivity index (χ0) is 18.4. The Kier molecular flexibility index (Phi) is 6.26. The van der Waals surface area contributed by atoms with E-state index in [0.717, 1.165) is 19.4 Å². The minimum Gasteiger partial charge on any atom is -0.377 e. The van der Waals surface area contributed by atoms with Crippen LogP contribution in [-0.2, 0) is 16.1 Å². The minimum atomic E-state index is -0.347. The summed E-state index contributed by atoms with van der Waals surface area (Å²) in [6.45, 7) is 1.59. The van der Waals surface area contributed by atoms with Crippen molar-refractivity contribution < 1.29 is 19.1 Å². The van der Waals surface area contributed by atoms with E-state index in [1.54, 1.807) is 31.4 Å². The average Bonchev–Trinajstić information content (AvgIpc) is 3.32. The fourth-order valence-electron chi connectivity index (χ4n) is 2.53. The van der Waals surface area contributed by atoms with E-state index in [1.807, 2.05) is 0 Å². The van der Waals surface area contributed by atoms with Gasteiger partial charge in [0.05, 0.1) is 12.7 Å². The van der Waals surface area contributed by atoms with Gasteiger partial charge in [-0.1, -0.05) is 11.3 Å². The Labute approximate surface area is 154 Å². The molecule has 0 saturated carbocycles. The number of benzene rings is 1. The van der Waals surface area contributed by atoms with Gasteiger partial charge in [-0.2, -0.15) is 0 Å². The van der Waals surface area contributed by atoms with Gasteiger partial charge in [-0.05, 0) is 37.1 Å². The lowest BCUT2D eigenvalue weighted by Gasteiger charge is -2.11. The Bertz CT molecular complexity index is 756. The summed E-state index contributed by atoms with van der Waals surface area (Å²) in [6, 6.07) is 6.68. The third-order valence-electron chi connectivity index (χ3n) is 3.85. The van der Waals surface area contributed by atoms with Crippen LogP contribution in [0.2, 0.25) is 0 Å². The van der Waals surface area contributed by atoms with Crippen molar-refractivity contribution in [2.75, 3.05) is 25.6 Å². The molecule has 3 rings (SSSR count). The van der Waals surface area contributed by atoms with Gasteiger partial charge in [0.2, 0.25) is 5.01 Å². The van der Waals surface area contributed by atoms with Crippen molar-refractivity contribution in [2.24, 2.45) is 0 Å². The molecule has 0 unspecified atom stereocenters. The Hall–Kier alpha value is -2.36. The van der Waals surface area contributed by atoms with Crippen molar-refractivity contribution in [3.05, 3.63) is 39.8 Å². The molecule has 1 fully saturated rings. The highest BCUT2D eigenvalue weighted by Crippen LogP contribution is 2.15. The van der Waals surface area contributed by atoms with Crippen LogP contribution in [0.5, 0.6) is 0 Å². The molecule has 0 aliphatic carbocycles. The maximum absolute atomic E-state index is 12.2. The molecular weight excluding hydrogens is 356 g/mol. The first kappa shape index (κ1) is 18.4. The summed E-state index contributed by atoms with van der Waals surface area (Å²) in [4.78, 5) is 24.3. The van der Waals surface area contributed by atoms with E-state index in [4.69, 9.17) is 9.47 Å².